The number of sulfonamides is 1. The number of nitrogens with one attached hydrogen (secondary N) is 2. The molecule has 0 atom stereocenters. The van der Waals surface area contributed by atoms with E-state index in [4.69, 9.17) is 10.4 Å². The third-order valence-electron chi connectivity index (χ3n) is 4.46. The van der Waals surface area contributed by atoms with Crippen LogP contribution in [0.15, 0.2) is 27.8 Å². The fourth-order valence-electron chi connectivity index (χ4n) is 2.67. The minimum Gasteiger partial charge on any atom is -0.382 e. The molecule has 11 heteroatoms. The number of hydrogen-bond acceptors (Lipinski definition) is 7. The predicted octanol–water partition coefficient (Wildman–Crippen LogP) is 1.83. The zero-order chi connectivity index (χ0) is 20.1. The normalized spacial score (nSPS) is 15.4. The number of amidine groups is 1. The van der Waals surface area contributed by atoms with Crippen molar-refractivity contribution in [2.24, 2.45) is 10.7 Å². The lowest BCUT2D eigenvalue weighted by Gasteiger charge is -2.26. The smallest absolute Gasteiger partial charge is 0.211 e. The Morgan fingerprint density at radius 2 is 2.18 bits per heavy atom. The molecular weight excluding hydrogens is 387 g/mol. The zero-order valence-electron chi connectivity index (χ0n) is 15.5. The largest absolute Gasteiger partial charge is 0.382 e. The molecule has 1 heterocycles. The second kappa shape index (κ2) is 8.65. The Balaban J connectivity index is 1.55. The quantitative estimate of drug-likeness (QED) is 0.326. The number of nitrogens with zero attached hydrogens (tertiary/aromatic N) is 3. The fourth-order valence-corrected chi connectivity index (χ4v) is 4.06. The lowest BCUT2D eigenvalue weighted by molar-refractivity contribution is 0.307. The second-order valence-corrected chi connectivity index (χ2v) is 8.61. The van der Waals surface area contributed by atoms with Gasteiger partial charge in [-0.2, -0.15) is 0 Å². The number of aryl methyl sites for hydroxylation is 1. The summed E-state index contributed by atoms with van der Waals surface area (Å²) < 4.78 is 44.7. The maximum Gasteiger partial charge on any atom is 0.211 e. The Hall–Kier alpha value is -2.53. The van der Waals surface area contributed by atoms with E-state index in [1.54, 1.807) is 13.0 Å². The van der Waals surface area contributed by atoms with Crippen LogP contribution in [0.1, 0.15) is 36.9 Å². The molecule has 0 bridgehead atoms. The molecule has 9 nitrogen and oxygen atoms in total. The van der Waals surface area contributed by atoms with Gasteiger partial charge < -0.3 is 11.1 Å². The molecule has 0 spiro atoms. The first-order valence-corrected chi connectivity index (χ1v) is 10.7. The van der Waals surface area contributed by atoms with E-state index < -0.39 is 10.0 Å². The highest BCUT2D eigenvalue weighted by Crippen LogP contribution is 2.20. The molecule has 1 aromatic heterocycles. The topological polar surface area (TPSA) is 136 Å². The molecular formula is C17H23FN6O3S. The number of aromatic nitrogens is 2. The molecule has 0 amide bonds. The van der Waals surface area contributed by atoms with Crippen molar-refractivity contribution in [1.82, 2.24) is 15.0 Å². The van der Waals surface area contributed by atoms with Crippen LogP contribution >= 0.6 is 0 Å². The monoisotopic (exact) mass is 410 g/mol. The number of anilines is 1. The summed E-state index contributed by atoms with van der Waals surface area (Å²) >= 11 is 0. The van der Waals surface area contributed by atoms with Crippen molar-refractivity contribution in [1.29, 1.82) is 0 Å². The maximum atomic E-state index is 13.3. The van der Waals surface area contributed by atoms with Crippen molar-refractivity contribution in [3.8, 4) is 0 Å². The van der Waals surface area contributed by atoms with Gasteiger partial charge in [0.2, 0.25) is 15.8 Å². The summed E-state index contributed by atoms with van der Waals surface area (Å²) in [5, 5.41) is 10.4. The standard InChI is InChI=1S/C17H23FN6O3S/c1-11-10-13(6-7-14(11)18)21-16(19)15-17(23-27-22-15)20-8-3-9-28(25,26)24-12-4-2-5-12/h6-7,10,12,24H,2-5,8-9H2,1H3,(H2,19,21)(H,20,23). The molecule has 0 unspecified atom stereocenters. The number of aliphatic imine (C=N–C) groups is 1. The van der Waals surface area contributed by atoms with E-state index in [9.17, 15) is 12.8 Å². The molecule has 4 N–H and O–H groups in total. The van der Waals surface area contributed by atoms with Crippen molar-refractivity contribution in [3.63, 3.8) is 0 Å². The first kappa shape index (κ1) is 20.2. The van der Waals surface area contributed by atoms with Gasteiger partial charge in [0.1, 0.15) is 5.82 Å². The Kier molecular flexibility index (Phi) is 6.25. The number of nitrogens with two attached hydrogens (primary N) is 1. The van der Waals surface area contributed by atoms with E-state index in [0.29, 0.717) is 24.2 Å². The van der Waals surface area contributed by atoms with E-state index >= 15 is 0 Å². The van der Waals surface area contributed by atoms with E-state index in [1.165, 1.54) is 12.1 Å². The summed E-state index contributed by atoms with van der Waals surface area (Å²) in [7, 11) is -3.29. The molecule has 0 aliphatic heterocycles. The molecule has 3 rings (SSSR count). The molecule has 0 saturated heterocycles. The lowest BCUT2D eigenvalue weighted by atomic mass is 9.94. The van der Waals surface area contributed by atoms with Crippen LogP contribution in [0.2, 0.25) is 0 Å². The predicted molar refractivity (Wildman–Crippen MR) is 103 cm³/mol. The van der Waals surface area contributed by atoms with Gasteiger partial charge in [-0.25, -0.2) is 27.2 Å². The molecule has 2 aromatic rings. The van der Waals surface area contributed by atoms with Crippen LogP contribution in [-0.4, -0.2) is 42.9 Å². The van der Waals surface area contributed by atoms with Gasteiger partial charge in [0.15, 0.2) is 11.5 Å². The highest BCUT2D eigenvalue weighted by molar-refractivity contribution is 7.89. The Bertz CT molecular complexity index is 956. The van der Waals surface area contributed by atoms with Crippen molar-refractivity contribution in [3.05, 3.63) is 35.3 Å². The lowest BCUT2D eigenvalue weighted by Crippen LogP contribution is -2.40. The van der Waals surface area contributed by atoms with Crippen molar-refractivity contribution in [2.75, 3.05) is 17.6 Å². The van der Waals surface area contributed by atoms with Crippen LogP contribution in [-0.2, 0) is 10.0 Å². The molecule has 152 valence electrons. The van der Waals surface area contributed by atoms with E-state index in [-0.39, 0.29) is 35.0 Å². The third-order valence-corrected chi connectivity index (χ3v) is 5.97. The highest BCUT2D eigenvalue weighted by Gasteiger charge is 2.23. The molecule has 1 saturated carbocycles. The number of halogens is 1. The number of rotatable bonds is 9. The van der Waals surface area contributed by atoms with Gasteiger partial charge in [0.25, 0.3) is 0 Å². The average molecular weight is 410 g/mol. The highest BCUT2D eigenvalue weighted by atomic mass is 32.2. The van der Waals surface area contributed by atoms with Crippen LogP contribution < -0.4 is 15.8 Å². The molecule has 0 radical (unpaired) electrons. The third kappa shape index (κ3) is 5.26. The van der Waals surface area contributed by atoms with Crippen LogP contribution in [0.5, 0.6) is 0 Å². The van der Waals surface area contributed by atoms with Crippen LogP contribution in [0.3, 0.4) is 0 Å². The fraction of sp³-hybridized carbons (Fsp3) is 0.471. The minimum absolute atomic E-state index is 0.00947. The maximum absolute atomic E-state index is 13.3. The molecule has 1 aliphatic rings. The summed E-state index contributed by atoms with van der Waals surface area (Å²) in [5.74, 6) is -0.00147. The molecule has 1 aliphatic carbocycles. The Morgan fingerprint density at radius 1 is 1.39 bits per heavy atom. The summed E-state index contributed by atoms with van der Waals surface area (Å²) in [6, 6.07) is 4.44. The summed E-state index contributed by atoms with van der Waals surface area (Å²) in [6.45, 7) is 1.97. The van der Waals surface area contributed by atoms with Gasteiger partial charge in [0, 0.05) is 12.6 Å². The first-order valence-electron chi connectivity index (χ1n) is 9.01. The van der Waals surface area contributed by atoms with E-state index in [1.807, 2.05) is 0 Å². The van der Waals surface area contributed by atoms with Crippen molar-refractivity contribution in [2.45, 2.75) is 38.6 Å². The van der Waals surface area contributed by atoms with Crippen LogP contribution in [0.25, 0.3) is 0 Å². The average Bonchev–Trinajstić information content (AvgIpc) is 3.07. The van der Waals surface area contributed by atoms with Gasteiger partial charge in [0.05, 0.1) is 11.4 Å². The Labute approximate surface area is 162 Å². The van der Waals surface area contributed by atoms with Crippen molar-refractivity contribution < 1.29 is 17.4 Å². The SMILES string of the molecule is Cc1cc(N=C(N)c2nonc2NCCCS(=O)(=O)NC2CCC2)ccc1F. The van der Waals surface area contributed by atoms with Crippen molar-refractivity contribution >= 4 is 27.4 Å². The summed E-state index contributed by atoms with van der Waals surface area (Å²) in [5.41, 5.74) is 7.08. The zero-order valence-corrected chi connectivity index (χ0v) is 16.3. The van der Waals surface area contributed by atoms with Crippen LogP contribution in [0.4, 0.5) is 15.9 Å². The molecule has 28 heavy (non-hydrogen) atoms. The minimum atomic E-state index is -3.29. The summed E-state index contributed by atoms with van der Waals surface area (Å²) in [4.78, 5) is 4.20. The van der Waals surface area contributed by atoms with E-state index in [0.717, 1.165) is 19.3 Å². The van der Waals surface area contributed by atoms with E-state index in [2.05, 4.69) is 25.3 Å². The van der Waals surface area contributed by atoms with Gasteiger partial charge in [-0.3, -0.25) is 0 Å². The molecule has 1 aromatic carbocycles. The van der Waals surface area contributed by atoms with Gasteiger partial charge in [-0.1, -0.05) is 6.42 Å². The molecule has 1 fully saturated rings. The second-order valence-electron chi connectivity index (χ2n) is 6.74. The van der Waals surface area contributed by atoms with Gasteiger partial charge in [-0.15, -0.1) is 0 Å². The van der Waals surface area contributed by atoms with Gasteiger partial charge in [-0.05, 0) is 60.3 Å². The van der Waals surface area contributed by atoms with Gasteiger partial charge >= 0.3 is 0 Å². The Morgan fingerprint density at radius 3 is 2.86 bits per heavy atom. The number of benzene rings is 1. The summed E-state index contributed by atoms with van der Waals surface area (Å²) in [6.07, 6.45) is 3.25. The number of hydrogen-bond donors (Lipinski definition) is 3. The first-order chi connectivity index (χ1) is 13.3. The van der Waals surface area contributed by atoms with Crippen LogP contribution in [0, 0.1) is 12.7 Å².